The number of morpholine rings is 1. The van der Waals surface area contributed by atoms with Crippen molar-refractivity contribution >= 4 is 21.4 Å². The standard InChI is InChI=1S/C11H16N4O5S/c1-8-7-20-5-4-14(8)21(18,19)11-6-9(13-12)2-3-10(11)15(16)17/h2-3,6,8,13H,4-5,7,12H2,1H3. The number of rotatable bonds is 4. The number of nitro groups is 1. The number of anilines is 1. The van der Waals surface area contributed by atoms with E-state index in [1.165, 1.54) is 10.4 Å². The van der Waals surface area contributed by atoms with E-state index < -0.39 is 26.7 Å². The van der Waals surface area contributed by atoms with Crippen molar-refractivity contribution in [3.8, 4) is 0 Å². The quantitative estimate of drug-likeness (QED) is 0.464. The van der Waals surface area contributed by atoms with Gasteiger partial charge in [0, 0.05) is 18.7 Å². The van der Waals surface area contributed by atoms with E-state index in [9.17, 15) is 18.5 Å². The SMILES string of the molecule is CC1COCCN1S(=O)(=O)c1cc(NN)ccc1[N+](=O)[O-]. The van der Waals surface area contributed by atoms with E-state index in [-0.39, 0.29) is 30.3 Å². The van der Waals surface area contributed by atoms with Gasteiger partial charge in [0.05, 0.1) is 23.8 Å². The Hall–Kier alpha value is -1.75. The maximum absolute atomic E-state index is 12.7. The maximum atomic E-state index is 12.7. The number of nitrogen functional groups attached to an aromatic ring is 1. The van der Waals surface area contributed by atoms with Crippen LogP contribution in [0.15, 0.2) is 23.1 Å². The van der Waals surface area contributed by atoms with Gasteiger partial charge in [0.25, 0.3) is 5.69 Å². The minimum absolute atomic E-state index is 0.154. The highest BCUT2D eigenvalue weighted by atomic mass is 32.2. The molecule has 9 nitrogen and oxygen atoms in total. The highest BCUT2D eigenvalue weighted by Crippen LogP contribution is 2.30. The van der Waals surface area contributed by atoms with Crippen LogP contribution in [0.25, 0.3) is 0 Å². The predicted molar refractivity (Wildman–Crippen MR) is 75.1 cm³/mol. The van der Waals surface area contributed by atoms with Gasteiger partial charge in [-0.1, -0.05) is 0 Å². The number of nitro benzene ring substituents is 1. The summed E-state index contributed by atoms with van der Waals surface area (Å²) in [5.74, 6) is 5.25. The molecule has 1 aliphatic rings. The van der Waals surface area contributed by atoms with Crippen molar-refractivity contribution in [2.45, 2.75) is 17.9 Å². The predicted octanol–water partition coefficient (Wildman–Crippen LogP) is 0.290. The van der Waals surface area contributed by atoms with E-state index in [2.05, 4.69) is 5.43 Å². The van der Waals surface area contributed by atoms with Crippen molar-refractivity contribution < 1.29 is 18.1 Å². The molecular weight excluding hydrogens is 300 g/mol. The molecule has 0 bridgehead atoms. The molecule has 0 amide bonds. The summed E-state index contributed by atoms with van der Waals surface area (Å²) < 4.78 is 31.8. The number of hydrazine groups is 1. The van der Waals surface area contributed by atoms with E-state index in [0.717, 1.165) is 12.1 Å². The molecule has 1 unspecified atom stereocenters. The summed E-state index contributed by atoms with van der Waals surface area (Å²) in [6, 6.07) is 3.24. The third-order valence-corrected chi connectivity index (χ3v) is 5.26. The lowest BCUT2D eigenvalue weighted by molar-refractivity contribution is -0.387. The Kier molecular flexibility index (Phi) is 4.42. The van der Waals surface area contributed by atoms with Gasteiger partial charge >= 0.3 is 0 Å². The van der Waals surface area contributed by atoms with Crippen LogP contribution in [0.2, 0.25) is 0 Å². The first-order chi connectivity index (χ1) is 9.87. The molecule has 1 fully saturated rings. The Morgan fingerprint density at radius 1 is 1.52 bits per heavy atom. The van der Waals surface area contributed by atoms with Crippen LogP contribution in [0.5, 0.6) is 0 Å². The smallest absolute Gasteiger partial charge is 0.289 e. The van der Waals surface area contributed by atoms with Gasteiger partial charge in [0.15, 0.2) is 4.90 Å². The van der Waals surface area contributed by atoms with E-state index in [1.807, 2.05) is 0 Å². The molecule has 1 aliphatic heterocycles. The molecule has 3 N–H and O–H groups in total. The molecule has 21 heavy (non-hydrogen) atoms. The number of nitrogens with zero attached hydrogens (tertiary/aromatic N) is 2. The summed E-state index contributed by atoms with van der Waals surface area (Å²) in [5.41, 5.74) is 2.09. The summed E-state index contributed by atoms with van der Waals surface area (Å²) in [6.45, 7) is 2.35. The Balaban J connectivity index is 2.54. The average Bonchev–Trinajstić information content (AvgIpc) is 2.46. The zero-order valence-electron chi connectivity index (χ0n) is 11.4. The fourth-order valence-corrected chi connectivity index (χ4v) is 3.94. The van der Waals surface area contributed by atoms with Crippen molar-refractivity contribution in [1.82, 2.24) is 4.31 Å². The second-order valence-corrected chi connectivity index (χ2v) is 6.48. The Bertz CT molecular complexity index is 648. The summed E-state index contributed by atoms with van der Waals surface area (Å²) in [4.78, 5) is 9.98. The second kappa shape index (κ2) is 5.93. The molecule has 1 saturated heterocycles. The van der Waals surface area contributed by atoms with Gasteiger partial charge in [-0.2, -0.15) is 4.31 Å². The van der Waals surface area contributed by atoms with Crippen LogP contribution >= 0.6 is 0 Å². The van der Waals surface area contributed by atoms with Gasteiger partial charge in [-0.3, -0.25) is 16.0 Å². The van der Waals surface area contributed by atoms with Crippen molar-refractivity contribution in [3.05, 3.63) is 28.3 Å². The van der Waals surface area contributed by atoms with Crippen molar-refractivity contribution in [2.75, 3.05) is 25.2 Å². The van der Waals surface area contributed by atoms with E-state index in [1.54, 1.807) is 6.92 Å². The molecule has 0 aromatic heterocycles. The first kappa shape index (κ1) is 15.6. The normalized spacial score (nSPS) is 20.2. The maximum Gasteiger partial charge on any atom is 0.289 e. The fourth-order valence-electron chi connectivity index (χ4n) is 2.16. The van der Waals surface area contributed by atoms with Crippen molar-refractivity contribution in [3.63, 3.8) is 0 Å². The van der Waals surface area contributed by atoms with Gasteiger partial charge in [0.1, 0.15) is 0 Å². The summed E-state index contributed by atoms with van der Waals surface area (Å²) >= 11 is 0. The number of benzene rings is 1. The fraction of sp³-hybridized carbons (Fsp3) is 0.455. The lowest BCUT2D eigenvalue weighted by Gasteiger charge is -2.32. The van der Waals surface area contributed by atoms with E-state index in [0.29, 0.717) is 0 Å². The van der Waals surface area contributed by atoms with Crippen LogP contribution in [0.1, 0.15) is 6.92 Å². The van der Waals surface area contributed by atoms with Crippen molar-refractivity contribution in [2.24, 2.45) is 5.84 Å². The third kappa shape index (κ3) is 2.97. The zero-order valence-corrected chi connectivity index (χ0v) is 12.2. The molecule has 1 atom stereocenters. The molecule has 0 aliphatic carbocycles. The van der Waals surface area contributed by atoms with Crippen LogP contribution < -0.4 is 11.3 Å². The molecule has 116 valence electrons. The summed E-state index contributed by atoms with van der Waals surface area (Å²) in [5, 5.41) is 11.1. The molecule has 1 heterocycles. The van der Waals surface area contributed by atoms with Gasteiger partial charge in [-0.15, -0.1) is 0 Å². The highest BCUT2D eigenvalue weighted by molar-refractivity contribution is 7.89. The minimum Gasteiger partial charge on any atom is -0.378 e. The molecule has 1 aromatic rings. The van der Waals surface area contributed by atoms with Crippen molar-refractivity contribution in [1.29, 1.82) is 0 Å². The lowest BCUT2D eigenvalue weighted by Crippen LogP contribution is -2.47. The molecule has 0 saturated carbocycles. The first-order valence-electron chi connectivity index (χ1n) is 6.22. The number of nitrogens with two attached hydrogens (primary N) is 1. The Morgan fingerprint density at radius 2 is 2.24 bits per heavy atom. The zero-order chi connectivity index (χ0) is 15.6. The molecule has 0 radical (unpaired) electrons. The van der Waals surface area contributed by atoms with Gasteiger partial charge in [0.2, 0.25) is 10.0 Å². The van der Waals surface area contributed by atoms with Crippen LogP contribution in [0.4, 0.5) is 11.4 Å². The topological polar surface area (TPSA) is 128 Å². The average molecular weight is 316 g/mol. The molecule has 0 spiro atoms. The molecule has 10 heteroatoms. The summed E-state index contributed by atoms with van der Waals surface area (Å²) in [6.07, 6.45) is 0. The highest BCUT2D eigenvalue weighted by Gasteiger charge is 2.36. The van der Waals surface area contributed by atoms with Gasteiger partial charge in [-0.05, 0) is 19.1 Å². The molecule has 2 rings (SSSR count). The number of sulfonamides is 1. The second-order valence-electron chi connectivity index (χ2n) is 4.62. The van der Waals surface area contributed by atoms with Crippen LogP contribution in [-0.4, -0.2) is 43.4 Å². The number of hydrogen-bond donors (Lipinski definition) is 2. The van der Waals surface area contributed by atoms with E-state index in [4.69, 9.17) is 10.6 Å². The Labute approximate surface area is 121 Å². The van der Waals surface area contributed by atoms with E-state index >= 15 is 0 Å². The first-order valence-corrected chi connectivity index (χ1v) is 7.66. The third-order valence-electron chi connectivity index (χ3n) is 3.22. The molecular formula is C11H16N4O5S. The largest absolute Gasteiger partial charge is 0.378 e. The van der Waals surface area contributed by atoms with Crippen LogP contribution in [-0.2, 0) is 14.8 Å². The Morgan fingerprint density at radius 3 is 2.81 bits per heavy atom. The lowest BCUT2D eigenvalue weighted by atomic mass is 10.3. The summed E-state index contributed by atoms with van der Waals surface area (Å²) in [7, 11) is -4.00. The molecule has 1 aromatic carbocycles. The van der Waals surface area contributed by atoms with Gasteiger partial charge < -0.3 is 10.2 Å². The van der Waals surface area contributed by atoms with Crippen LogP contribution in [0.3, 0.4) is 0 Å². The van der Waals surface area contributed by atoms with Gasteiger partial charge in [-0.25, -0.2) is 8.42 Å². The number of hydrogen-bond acceptors (Lipinski definition) is 7. The minimum atomic E-state index is -4.00. The van der Waals surface area contributed by atoms with Crippen LogP contribution in [0, 0.1) is 10.1 Å². The number of nitrogens with one attached hydrogen (secondary N) is 1. The number of ether oxygens (including phenoxy) is 1. The monoisotopic (exact) mass is 316 g/mol.